The van der Waals surface area contributed by atoms with Gasteiger partial charge in [0.25, 0.3) is 20.1 Å². The van der Waals surface area contributed by atoms with Crippen molar-refractivity contribution in [2.24, 2.45) is 0 Å². The summed E-state index contributed by atoms with van der Waals surface area (Å²) in [5.41, 5.74) is 30.0. The smallest absolute Gasteiger partial charge is 0.261 e. The second-order valence-corrected chi connectivity index (χ2v) is 28.9. The van der Waals surface area contributed by atoms with Crippen LogP contribution in [-0.2, 0) is 21.7 Å². The Labute approximate surface area is 523 Å². The lowest BCUT2D eigenvalue weighted by Crippen LogP contribution is -2.67. The predicted molar refractivity (Wildman–Crippen MR) is 374 cm³/mol. The standard InChI is InChI=1S/C80H65B3N4O2/c1-77(2)46-79(5,6)54-42-62-58(40-52(54)77)81-56-34-21-23-38-68(56)88-75-71(81)64(86(62)50-30-17-11-18-31-50)44-66-73(75)83-70-60(84(66)48-26-13-9-14-27-48)36-25-37-61(70)85(49-28-15-10-16-29-49)67-45-65-72-76(74(67)83)89-69-39-24-22-35-57(69)82(72)59-41-53-55(80(7,8)47-78(53,3)4)43-63(59)87(65)51-32-19-12-20-33-51/h9-45H,46-47H2,1-8H3. The fourth-order valence-corrected chi connectivity index (χ4v) is 18.7. The topological polar surface area (TPSA) is 31.4 Å². The van der Waals surface area contributed by atoms with Crippen molar-refractivity contribution < 1.29 is 9.47 Å². The van der Waals surface area contributed by atoms with Crippen molar-refractivity contribution in [2.75, 3.05) is 19.6 Å². The third-order valence-electron chi connectivity index (χ3n) is 21.6. The lowest BCUT2D eigenvalue weighted by molar-refractivity contribution is 0.403. The van der Waals surface area contributed by atoms with Gasteiger partial charge in [-0.3, -0.25) is 0 Å². The largest absolute Gasteiger partial charge is 0.459 e. The molecule has 0 aromatic heterocycles. The molecule has 0 radical (unpaired) electrons. The second-order valence-electron chi connectivity index (χ2n) is 28.9. The molecule has 0 saturated heterocycles. The number of benzene rings is 11. The molecule has 2 aliphatic carbocycles. The first-order valence-electron chi connectivity index (χ1n) is 32.0. The summed E-state index contributed by atoms with van der Waals surface area (Å²) in [7, 11) is 0. The fourth-order valence-electron chi connectivity index (χ4n) is 18.7. The highest BCUT2D eigenvalue weighted by molar-refractivity contribution is 7.05. The summed E-state index contributed by atoms with van der Waals surface area (Å²) in [6.07, 6.45) is 2.14. The number of fused-ring (bicyclic) bond motifs is 16. The van der Waals surface area contributed by atoms with Crippen LogP contribution in [0.2, 0.25) is 0 Å². The molecule has 426 valence electrons. The normalized spacial score (nSPS) is 17.5. The molecule has 11 aromatic rings. The summed E-state index contributed by atoms with van der Waals surface area (Å²) < 4.78 is 15.9. The van der Waals surface area contributed by atoms with E-state index >= 15 is 0 Å². The Morgan fingerprint density at radius 3 is 0.933 bits per heavy atom. The quantitative estimate of drug-likeness (QED) is 0.163. The zero-order valence-corrected chi connectivity index (χ0v) is 51.6. The van der Waals surface area contributed by atoms with Crippen LogP contribution in [0.25, 0.3) is 0 Å². The first-order chi connectivity index (χ1) is 43.1. The van der Waals surface area contributed by atoms with Crippen LogP contribution in [0.5, 0.6) is 23.0 Å². The molecule has 6 nitrogen and oxygen atoms in total. The molecule has 0 N–H and O–H groups in total. The molecular formula is C80H65B3N4O2. The zero-order valence-electron chi connectivity index (χ0n) is 51.6. The molecule has 0 fully saturated rings. The van der Waals surface area contributed by atoms with Crippen LogP contribution in [0.1, 0.15) is 90.5 Å². The molecule has 0 amide bonds. The minimum Gasteiger partial charge on any atom is -0.459 e. The van der Waals surface area contributed by atoms with E-state index in [1.165, 1.54) is 71.9 Å². The van der Waals surface area contributed by atoms with E-state index in [1.807, 2.05) is 0 Å². The summed E-state index contributed by atoms with van der Waals surface area (Å²) in [5.74, 6) is 3.60. The van der Waals surface area contributed by atoms with Gasteiger partial charge in [-0.25, -0.2) is 0 Å². The minimum absolute atomic E-state index is 0.0204. The Balaban J connectivity index is 0.976. The van der Waals surface area contributed by atoms with Gasteiger partial charge in [0, 0.05) is 68.2 Å². The first kappa shape index (κ1) is 51.5. The van der Waals surface area contributed by atoms with Gasteiger partial charge >= 0.3 is 0 Å². The Bertz CT molecular complexity index is 4610. The monoisotopic (exact) mass is 1150 g/mol. The highest BCUT2D eigenvalue weighted by Gasteiger charge is 2.56. The van der Waals surface area contributed by atoms with Gasteiger partial charge in [-0.05, 0) is 203 Å². The van der Waals surface area contributed by atoms with Crippen LogP contribution in [0.4, 0.5) is 68.2 Å². The number of anilines is 12. The van der Waals surface area contributed by atoms with E-state index < -0.39 is 0 Å². The molecule has 8 aliphatic rings. The average Bonchev–Trinajstić information content (AvgIpc) is 0.821. The second kappa shape index (κ2) is 17.6. The van der Waals surface area contributed by atoms with Gasteiger partial charge in [0.1, 0.15) is 23.0 Å². The molecule has 0 spiro atoms. The minimum atomic E-state index is -0.374. The molecule has 11 aromatic carbocycles. The molecule has 0 unspecified atom stereocenters. The number of hydrogen-bond acceptors (Lipinski definition) is 6. The van der Waals surface area contributed by atoms with E-state index in [4.69, 9.17) is 9.47 Å². The molecule has 89 heavy (non-hydrogen) atoms. The molecule has 0 bridgehead atoms. The predicted octanol–water partition coefficient (Wildman–Crippen LogP) is 14.5. The number of rotatable bonds is 4. The van der Waals surface area contributed by atoms with Crippen LogP contribution < -0.4 is 78.2 Å². The Morgan fingerprint density at radius 1 is 0.270 bits per heavy atom. The zero-order chi connectivity index (χ0) is 59.8. The van der Waals surface area contributed by atoms with E-state index in [-0.39, 0.29) is 41.8 Å². The van der Waals surface area contributed by atoms with Crippen molar-refractivity contribution >= 4 is 138 Å². The molecule has 6 heterocycles. The van der Waals surface area contributed by atoms with Crippen LogP contribution in [0.15, 0.2) is 224 Å². The Hall–Kier alpha value is -9.59. The van der Waals surface area contributed by atoms with Crippen LogP contribution in [0, 0.1) is 0 Å². The lowest BCUT2D eigenvalue weighted by Gasteiger charge is -2.49. The SMILES string of the molecule is CC1(C)CC(C)(C)c2cc3c(cc21)B1c2ccccc2Oc2c1c(cc1c2B2c4c(cccc4N(c4ccccc4)c4cc5c6c(c42)Oc2ccccc2B6c2cc4c(cc2N5c2ccccc2)C(C)(C)CC4(C)C)N1c1ccccc1)N3c1ccccc1. The number of para-hydroxylation sites is 6. The highest BCUT2D eigenvalue weighted by Crippen LogP contribution is 2.57. The number of hydrogen-bond donors (Lipinski definition) is 0. The van der Waals surface area contributed by atoms with E-state index in [2.05, 4.69) is 299 Å². The summed E-state index contributed by atoms with van der Waals surface area (Å²) in [6, 6.07) is 84.5. The van der Waals surface area contributed by atoms with Gasteiger partial charge in [-0.2, -0.15) is 0 Å². The van der Waals surface area contributed by atoms with Gasteiger partial charge in [-0.15, -0.1) is 0 Å². The maximum atomic E-state index is 7.97. The summed E-state index contributed by atoms with van der Waals surface area (Å²) >= 11 is 0. The van der Waals surface area contributed by atoms with Crippen molar-refractivity contribution in [3.63, 3.8) is 0 Å². The van der Waals surface area contributed by atoms with E-state index in [0.717, 1.165) is 104 Å². The molecule has 6 aliphatic heterocycles. The van der Waals surface area contributed by atoms with Gasteiger partial charge < -0.3 is 29.1 Å². The molecule has 9 heteroatoms. The molecular weight excluding hydrogens is 1080 g/mol. The van der Waals surface area contributed by atoms with Crippen molar-refractivity contribution in [3.8, 4) is 23.0 Å². The van der Waals surface area contributed by atoms with Gasteiger partial charge in [0.05, 0.1) is 0 Å². The Morgan fingerprint density at radius 2 is 0.573 bits per heavy atom. The third-order valence-corrected chi connectivity index (χ3v) is 21.6. The summed E-state index contributed by atoms with van der Waals surface area (Å²) in [5, 5.41) is 0. The van der Waals surface area contributed by atoms with Crippen molar-refractivity contribution in [1.82, 2.24) is 0 Å². The highest BCUT2D eigenvalue weighted by atomic mass is 16.5. The van der Waals surface area contributed by atoms with Gasteiger partial charge in [0.2, 0.25) is 0 Å². The van der Waals surface area contributed by atoms with Crippen LogP contribution >= 0.6 is 0 Å². The Kier molecular flexibility index (Phi) is 10.2. The lowest BCUT2D eigenvalue weighted by atomic mass is 9.28. The summed E-state index contributed by atoms with van der Waals surface area (Å²) in [6.45, 7) is 18.9. The molecule has 0 saturated carbocycles. The van der Waals surface area contributed by atoms with E-state index in [1.54, 1.807) is 0 Å². The van der Waals surface area contributed by atoms with E-state index in [0.29, 0.717) is 0 Å². The van der Waals surface area contributed by atoms with Crippen LogP contribution in [0.3, 0.4) is 0 Å². The van der Waals surface area contributed by atoms with Crippen molar-refractivity contribution in [1.29, 1.82) is 0 Å². The molecule has 19 rings (SSSR count). The maximum absolute atomic E-state index is 7.97. The fraction of sp³-hybridized carbons (Fsp3) is 0.175. The van der Waals surface area contributed by atoms with Crippen LogP contribution in [-0.4, -0.2) is 20.1 Å². The first-order valence-corrected chi connectivity index (χ1v) is 32.0. The third kappa shape index (κ3) is 6.86. The average molecular weight is 1150 g/mol. The van der Waals surface area contributed by atoms with Gasteiger partial charge in [-0.1, -0.05) is 183 Å². The number of ether oxygens (including phenoxy) is 2. The van der Waals surface area contributed by atoms with Crippen molar-refractivity contribution in [3.05, 3.63) is 247 Å². The van der Waals surface area contributed by atoms with Gasteiger partial charge in [0.15, 0.2) is 0 Å². The summed E-state index contributed by atoms with van der Waals surface area (Å²) in [4.78, 5) is 10.2. The van der Waals surface area contributed by atoms with Crippen molar-refractivity contribution in [2.45, 2.75) is 89.9 Å². The maximum Gasteiger partial charge on any atom is 0.261 e. The molecule has 0 atom stereocenters. The number of nitrogens with zero attached hydrogens (tertiary/aromatic N) is 4. The van der Waals surface area contributed by atoms with E-state index in [9.17, 15) is 0 Å².